The van der Waals surface area contributed by atoms with Crippen LogP contribution >= 0.6 is 11.8 Å². The molecule has 1 saturated carbocycles. The lowest BCUT2D eigenvalue weighted by Gasteiger charge is -2.08. The summed E-state index contributed by atoms with van der Waals surface area (Å²) in [6, 6.07) is 6.58. The molecule has 0 amide bonds. The van der Waals surface area contributed by atoms with Crippen molar-refractivity contribution < 1.29 is 0 Å². The molecule has 0 unspecified atom stereocenters. The molecule has 100 valence electrons. The molecular weight excluding hydrogens is 256 g/mol. The van der Waals surface area contributed by atoms with Crippen molar-refractivity contribution in [2.24, 2.45) is 0 Å². The van der Waals surface area contributed by atoms with E-state index in [1.165, 1.54) is 25.7 Å². The minimum atomic E-state index is 0.565. The summed E-state index contributed by atoms with van der Waals surface area (Å²) in [5.41, 5.74) is 6.70. The molecule has 2 aromatic heterocycles. The van der Waals surface area contributed by atoms with Crippen molar-refractivity contribution >= 4 is 17.6 Å². The number of nitrogen functional groups attached to an aromatic ring is 1. The summed E-state index contributed by atoms with van der Waals surface area (Å²) in [5.74, 6) is 1.44. The Balaban J connectivity index is 1.59. The van der Waals surface area contributed by atoms with Gasteiger partial charge in [0.1, 0.15) is 5.82 Å². The van der Waals surface area contributed by atoms with Crippen molar-refractivity contribution in [3.63, 3.8) is 0 Å². The smallest absolute Gasteiger partial charge is 0.123 e. The van der Waals surface area contributed by atoms with Gasteiger partial charge in [0.15, 0.2) is 0 Å². The molecule has 0 saturated heterocycles. The van der Waals surface area contributed by atoms with Gasteiger partial charge >= 0.3 is 0 Å². The van der Waals surface area contributed by atoms with Crippen LogP contribution in [0.15, 0.2) is 35.5 Å². The summed E-state index contributed by atoms with van der Waals surface area (Å²) in [6.07, 6.45) is 9.16. The molecule has 0 radical (unpaired) electrons. The van der Waals surface area contributed by atoms with Gasteiger partial charge < -0.3 is 5.73 Å². The van der Waals surface area contributed by atoms with Gasteiger partial charge in [0, 0.05) is 23.0 Å². The maximum atomic E-state index is 5.57. The zero-order chi connectivity index (χ0) is 13.1. The summed E-state index contributed by atoms with van der Waals surface area (Å²) in [5, 5.41) is 4.68. The fourth-order valence-corrected chi connectivity index (χ4v) is 3.22. The third-order valence-electron chi connectivity index (χ3n) is 3.51. The largest absolute Gasteiger partial charge is 0.384 e. The molecule has 1 fully saturated rings. The van der Waals surface area contributed by atoms with Crippen LogP contribution in [-0.4, -0.2) is 14.8 Å². The van der Waals surface area contributed by atoms with Crippen LogP contribution in [0.25, 0.3) is 0 Å². The Bertz CT molecular complexity index is 529. The van der Waals surface area contributed by atoms with Crippen LogP contribution in [0.2, 0.25) is 0 Å². The second-order valence-corrected chi connectivity index (χ2v) is 5.98. The third-order valence-corrected chi connectivity index (χ3v) is 4.52. The van der Waals surface area contributed by atoms with E-state index in [9.17, 15) is 0 Å². The molecular formula is C14H18N4S. The number of nitrogens with zero attached hydrogens (tertiary/aromatic N) is 3. The number of hydrogen-bond donors (Lipinski definition) is 1. The van der Waals surface area contributed by atoms with Crippen LogP contribution in [0.3, 0.4) is 0 Å². The Hall–Kier alpha value is -1.49. The number of thioether (sulfide) groups is 1. The van der Waals surface area contributed by atoms with Crippen molar-refractivity contribution in [3.05, 3.63) is 36.3 Å². The molecule has 0 spiro atoms. The Labute approximate surface area is 117 Å². The summed E-state index contributed by atoms with van der Waals surface area (Å²) < 4.78 is 2.14. The summed E-state index contributed by atoms with van der Waals surface area (Å²) in [6.45, 7) is 0. The number of rotatable bonds is 4. The lowest BCUT2D eigenvalue weighted by Crippen LogP contribution is -2.05. The summed E-state index contributed by atoms with van der Waals surface area (Å²) in [4.78, 5) is 5.22. The van der Waals surface area contributed by atoms with Gasteiger partial charge in [-0.3, -0.25) is 4.68 Å². The third kappa shape index (κ3) is 3.10. The summed E-state index contributed by atoms with van der Waals surface area (Å²) >= 11 is 1.74. The first kappa shape index (κ1) is 12.5. The lowest BCUT2D eigenvalue weighted by molar-refractivity contribution is 0.464. The van der Waals surface area contributed by atoms with E-state index in [0.717, 1.165) is 16.3 Å². The monoisotopic (exact) mass is 274 g/mol. The molecule has 2 aromatic rings. The second kappa shape index (κ2) is 5.65. The van der Waals surface area contributed by atoms with Crippen LogP contribution in [0, 0.1) is 0 Å². The molecule has 0 atom stereocenters. The Morgan fingerprint density at radius 1 is 1.26 bits per heavy atom. The second-order valence-electron chi connectivity index (χ2n) is 4.93. The standard InChI is InChI=1S/C14H18N4S/c15-14-6-5-13(9-16-14)19-10-11-7-8-18(17-11)12-3-1-2-4-12/h5-9,12H,1-4,10H2,(H2,15,16). The first-order chi connectivity index (χ1) is 9.31. The normalized spacial score (nSPS) is 16.0. The van der Waals surface area contributed by atoms with Crippen LogP contribution in [0.5, 0.6) is 0 Å². The van der Waals surface area contributed by atoms with Gasteiger partial charge in [-0.1, -0.05) is 12.8 Å². The van der Waals surface area contributed by atoms with Crippen molar-refractivity contribution in [2.75, 3.05) is 5.73 Å². The van der Waals surface area contributed by atoms with Gasteiger partial charge in [-0.25, -0.2) is 4.98 Å². The highest BCUT2D eigenvalue weighted by atomic mass is 32.2. The van der Waals surface area contributed by atoms with E-state index in [-0.39, 0.29) is 0 Å². The Kier molecular flexibility index (Phi) is 3.73. The highest BCUT2D eigenvalue weighted by Crippen LogP contribution is 2.29. The molecule has 3 rings (SSSR count). The highest BCUT2D eigenvalue weighted by molar-refractivity contribution is 7.98. The van der Waals surface area contributed by atoms with E-state index in [0.29, 0.717) is 11.9 Å². The topological polar surface area (TPSA) is 56.7 Å². The average molecular weight is 274 g/mol. The Morgan fingerprint density at radius 3 is 2.84 bits per heavy atom. The molecule has 19 heavy (non-hydrogen) atoms. The van der Waals surface area contributed by atoms with E-state index in [4.69, 9.17) is 5.73 Å². The van der Waals surface area contributed by atoms with E-state index in [2.05, 4.69) is 27.0 Å². The van der Waals surface area contributed by atoms with Crippen molar-refractivity contribution in [1.82, 2.24) is 14.8 Å². The SMILES string of the molecule is Nc1ccc(SCc2ccn(C3CCCC3)n2)cn1. The van der Waals surface area contributed by atoms with Gasteiger partial charge in [0.05, 0.1) is 11.7 Å². The van der Waals surface area contributed by atoms with E-state index in [1.54, 1.807) is 11.8 Å². The molecule has 2 N–H and O–H groups in total. The highest BCUT2D eigenvalue weighted by Gasteiger charge is 2.17. The number of hydrogen-bond acceptors (Lipinski definition) is 4. The molecule has 1 aliphatic rings. The molecule has 5 heteroatoms. The Morgan fingerprint density at radius 2 is 2.11 bits per heavy atom. The maximum Gasteiger partial charge on any atom is 0.123 e. The van der Waals surface area contributed by atoms with Crippen LogP contribution < -0.4 is 5.73 Å². The minimum Gasteiger partial charge on any atom is -0.384 e. The maximum absolute atomic E-state index is 5.57. The number of nitrogens with two attached hydrogens (primary N) is 1. The first-order valence-electron chi connectivity index (χ1n) is 6.69. The fraction of sp³-hybridized carbons (Fsp3) is 0.429. The van der Waals surface area contributed by atoms with Gasteiger partial charge in [-0.05, 0) is 31.0 Å². The number of aromatic nitrogens is 3. The van der Waals surface area contributed by atoms with E-state index in [1.807, 2.05) is 18.3 Å². The van der Waals surface area contributed by atoms with Gasteiger partial charge in [0.25, 0.3) is 0 Å². The van der Waals surface area contributed by atoms with E-state index < -0.39 is 0 Å². The molecule has 1 aliphatic carbocycles. The molecule has 0 bridgehead atoms. The van der Waals surface area contributed by atoms with Crippen LogP contribution in [0.4, 0.5) is 5.82 Å². The fourth-order valence-electron chi connectivity index (χ4n) is 2.46. The van der Waals surface area contributed by atoms with E-state index >= 15 is 0 Å². The number of anilines is 1. The van der Waals surface area contributed by atoms with Gasteiger partial charge in [-0.2, -0.15) is 5.10 Å². The van der Waals surface area contributed by atoms with Crippen molar-refractivity contribution in [2.45, 2.75) is 42.4 Å². The lowest BCUT2D eigenvalue weighted by atomic mass is 10.3. The summed E-state index contributed by atoms with van der Waals surface area (Å²) in [7, 11) is 0. The zero-order valence-electron chi connectivity index (χ0n) is 10.8. The average Bonchev–Trinajstić information content (AvgIpc) is 3.09. The number of pyridine rings is 1. The van der Waals surface area contributed by atoms with Gasteiger partial charge in [-0.15, -0.1) is 11.8 Å². The van der Waals surface area contributed by atoms with Crippen molar-refractivity contribution in [3.8, 4) is 0 Å². The first-order valence-corrected chi connectivity index (χ1v) is 7.68. The van der Waals surface area contributed by atoms with Crippen LogP contribution in [-0.2, 0) is 5.75 Å². The quantitative estimate of drug-likeness (QED) is 0.869. The predicted octanol–water partition coefficient (Wildman–Crippen LogP) is 3.27. The van der Waals surface area contributed by atoms with Gasteiger partial charge in [0.2, 0.25) is 0 Å². The molecule has 2 heterocycles. The molecule has 0 aliphatic heterocycles. The molecule has 0 aromatic carbocycles. The van der Waals surface area contributed by atoms with Crippen molar-refractivity contribution in [1.29, 1.82) is 0 Å². The van der Waals surface area contributed by atoms with Crippen LogP contribution in [0.1, 0.15) is 37.4 Å². The molecule has 4 nitrogen and oxygen atoms in total. The predicted molar refractivity (Wildman–Crippen MR) is 77.9 cm³/mol. The minimum absolute atomic E-state index is 0.565. The zero-order valence-corrected chi connectivity index (χ0v) is 11.6.